The molecule has 226 valence electrons. The Labute approximate surface area is 263 Å². The third kappa shape index (κ3) is 5.97. The molecule has 0 aliphatic rings. The number of amides is 1. The van der Waals surface area contributed by atoms with Crippen molar-refractivity contribution in [2.24, 2.45) is 0 Å². The molecule has 1 N–H and O–H groups in total. The highest BCUT2D eigenvalue weighted by Gasteiger charge is 2.25. The number of methoxy groups -OCH3 is 1. The molecule has 2 heterocycles. The van der Waals surface area contributed by atoms with E-state index in [9.17, 15) is 18.0 Å². The van der Waals surface area contributed by atoms with E-state index in [1.165, 1.54) is 22.7 Å². The number of Topliss-reactive ketones (excluding diaryl/α,β-unsaturated/α-hetero) is 1. The molecule has 0 aliphatic heterocycles. The normalized spacial score (nSPS) is 11.4. The van der Waals surface area contributed by atoms with Crippen LogP contribution in [0.3, 0.4) is 0 Å². The Morgan fingerprint density at radius 2 is 1.56 bits per heavy atom. The van der Waals surface area contributed by atoms with Crippen molar-refractivity contribution in [1.82, 2.24) is 18.7 Å². The first-order chi connectivity index (χ1) is 21.8. The number of aromatic nitrogens is 4. The van der Waals surface area contributed by atoms with Crippen LogP contribution in [0.2, 0.25) is 0 Å². The molecule has 6 aromatic rings. The maximum Gasteiger partial charge on any atom is 0.268 e. The van der Waals surface area contributed by atoms with Crippen molar-refractivity contribution in [3.05, 3.63) is 115 Å². The second kappa shape index (κ2) is 12.4. The molecule has 0 spiro atoms. The molecule has 0 radical (unpaired) electrons. The standard InChI is InChI=1S/C33H27N5O5S2/c1-22(39)23-12-14-24(15-13-23)34-31(40)21-44-33-36-35-32(38(33)25-16-18-26(43-2)19-17-25)29-20-37(30-11-7-6-10-28(29)30)45(41,42)27-8-4-3-5-9-27/h3-20H,21H2,1-2H3,(H,34,40). The fraction of sp³-hybridized carbons (Fsp3) is 0.0909. The lowest BCUT2D eigenvalue weighted by atomic mass is 10.1. The molecule has 1 amide bonds. The minimum absolute atomic E-state index is 0.0207. The molecule has 4 aromatic carbocycles. The number of carbonyl (C=O) groups is 2. The fourth-order valence-corrected chi connectivity index (χ4v) is 6.99. The molecular weight excluding hydrogens is 611 g/mol. The number of ketones is 1. The van der Waals surface area contributed by atoms with Crippen LogP contribution in [0.25, 0.3) is 28.0 Å². The van der Waals surface area contributed by atoms with Gasteiger partial charge in [-0.1, -0.05) is 48.2 Å². The number of nitrogens with one attached hydrogen (secondary N) is 1. The largest absolute Gasteiger partial charge is 0.497 e. The second-order valence-electron chi connectivity index (χ2n) is 9.98. The van der Waals surface area contributed by atoms with E-state index in [1.54, 1.807) is 96.7 Å². The predicted molar refractivity (Wildman–Crippen MR) is 174 cm³/mol. The third-order valence-corrected chi connectivity index (χ3v) is 9.71. The summed E-state index contributed by atoms with van der Waals surface area (Å²) in [5, 5.41) is 12.9. The number of carbonyl (C=O) groups excluding carboxylic acids is 2. The number of fused-ring (bicyclic) bond motifs is 1. The van der Waals surface area contributed by atoms with Crippen molar-refractivity contribution in [2.45, 2.75) is 17.0 Å². The minimum Gasteiger partial charge on any atom is -0.497 e. The Hall–Kier alpha value is -5.20. The Morgan fingerprint density at radius 1 is 0.867 bits per heavy atom. The van der Waals surface area contributed by atoms with Crippen LogP contribution in [-0.2, 0) is 14.8 Å². The number of para-hydroxylation sites is 1. The number of ether oxygens (including phenoxy) is 1. The van der Waals surface area contributed by atoms with Gasteiger partial charge in [-0.05, 0) is 73.7 Å². The summed E-state index contributed by atoms with van der Waals surface area (Å²) in [6.45, 7) is 1.48. The van der Waals surface area contributed by atoms with Gasteiger partial charge < -0.3 is 10.1 Å². The van der Waals surface area contributed by atoms with Gasteiger partial charge in [-0.3, -0.25) is 14.2 Å². The highest BCUT2D eigenvalue weighted by molar-refractivity contribution is 7.99. The third-order valence-electron chi connectivity index (χ3n) is 7.09. The SMILES string of the molecule is COc1ccc(-n2c(SCC(=O)Nc3ccc(C(C)=O)cc3)nnc2-c2cn(S(=O)(=O)c3ccccc3)c3ccccc23)cc1. The van der Waals surface area contributed by atoms with E-state index in [0.717, 1.165) is 0 Å². The molecule has 10 nitrogen and oxygen atoms in total. The zero-order chi connectivity index (χ0) is 31.6. The van der Waals surface area contributed by atoms with Gasteiger partial charge in [-0.25, -0.2) is 12.4 Å². The first kappa shape index (κ1) is 29.9. The van der Waals surface area contributed by atoms with Gasteiger partial charge in [0.05, 0.1) is 23.3 Å². The van der Waals surface area contributed by atoms with Crippen molar-refractivity contribution in [3.8, 4) is 22.8 Å². The average Bonchev–Trinajstić information content (AvgIpc) is 3.66. The van der Waals surface area contributed by atoms with E-state index in [1.807, 2.05) is 24.3 Å². The molecular formula is C33H27N5O5S2. The Balaban J connectivity index is 1.39. The van der Waals surface area contributed by atoms with E-state index < -0.39 is 10.0 Å². The molecule has 0 bridgehead atoms. The summed E-state index contributed by atoms with van der Waals surface area (Å²) in [7, 11) is -2.35. The molecule has 0 unspecified atom stereocenters. The number of thioether (sulfide) groups is 1. The summed E-state index contributed by atoms with van der Waals surface area (Å²) in [6.07, 6.45) is 1.56. The first-order valence-corrected chi connectivity index (χ1v) is 16.2. The second-order valence-corrected chi connectivity index (χ2v) is 12.7. The molecule has 0 aliphatic carbocycles. The number of rotatable bonds is 10. The Morgan fingerprint density at radius 3 is 2.24 bits per heavy atom. The van der Waals surface area contributed by atoms with Gasteiger partial charge in [0.15, 0.2) is 16.8 Å². The van der Waals surface area contributed by atoms with Crippen LogP contribution in [-0.4, -0.2) is 51.7 Å². The number of hydrogen-bond donors (Lipinski definition) is 1. The number of hydrogen-bond acceptors (Lipinski definition) is 8. The maximum absolute atomic E-state index is 13.7. The number of anilines is 1. The summed E-state index contributed by atoms with van der Waals surface area (Å²) in [5.74, 6) is 0.752. The van der Waals surface area contributed by atoms with E-state index in [2.05, 4.69) is 15.5 Å². The van der Waals surface area contributed by atoms with Gasteiger partial charge in [-0.15, -0.1) is 10.2 Å². The number of nitrogens with zero attached hydrogens (tertiary/aromatic N) is 4. The average molecular weight is 638 g/mol. The van der Waals surface area contributed by atoms with E-state index in [4.69, 9.17) is 4.74 Å². The zero-order valence-electron chi connectivity index (χ0n) is 24.2. The molecule has 45 heavy (non-hydrogen) atoms. The maximum atomic E-state index is 13.7. The van der Waals surface area contributed by atoms with Gasteiger partial charge in [0.25, 0.3) is 10.0 Å². The highest BCUT2D eigenvalue weighted by atomic mass is 32.2. The van der Waals surface area contributed by atoms with E-state index in [-0.39, 0.29) is 22.3 Å². The van der Waals surface area contributed by atoms with E-state index in [0.29, 0.717) is 50.1 Å². The zero-order valence-corrected chi connectivity index (χ0v) is 25.9. The predicted octanol–water partition coefficient (Wildman–Crippen LogP) is 6.07. The lowest BCUT2D eigenvalue weighted by Crippen LogP contribution is -2.14. The first-order valence-electron chi connectivity index (χ1n) is 13.8. The molecule has 0 atom stereocenters. The number of benzene rings is 4. The smallest absolute Gasteiger partial charge is 0.268 e. The molecule has 2 aromatic heterocycles. The molecule has 0 saturated carbocycles. The summed E-state index contributed by atoms with van der Waals surface area (Å²) in [4.78, 5) is 24.6. The van der Waals surface area contributed by atoms with Crippen LogP contribution >= 0.6 is 11.8 Å². The van der Waals surface area contributed by atoms with Crippen LogP contribution in [0, 0.1) is 0 Å². The monoisotopic (exact) mass is 637 g/mol. The van der Waals surface area contributed by atoms with Crippen LogP contribution < -0.4 is 10.1 Å². The van der Waals surface area contributed by atoms with Crippen molar-refractivity contribution in [3.63, 3.8) is 0 Å². The molecule has 12 heteroatoms. The molecule has 0 saturated heterocycles. The van der Waals surface area contributed by atoms with Crippen LogP contribution in [0.15, 0.2) is 119 Å². The summed E-state index contributed by atoms with van der Waals surface area (Å²) >= 11 is 1.18. The van der Waals surface area contributed by atoms with Gasteiger partial charge in [0, 0.05) is 34.1 Å². The summed E-state index contributed by atoms with van der Waals surface area (Å²) in [6, 6.07) is 29.4. The summed E-state index contributed by atoms with van der Waals surface area (Å²) < 4.78 is 35.9. The quantitative estimate of drug-likeness (QED) is 0.142. The Bertz CT molecular complexity index is 2120. The van der Waals surface area contributed by atoms with Gasteiger partial charge in [0.1, 0.15) is 5.75 Å². The van der Waals surface area contributed by atoms with Crippen molar-refractivity contribution in [1.29, 1.82) is 0 Å². The van der Waals surface area contributed by atoms with Crippen LogP contribution in [0.5, 0.6) is 5.75 Å². The van der Waals surface area contributed by atoms with Gasteiger partial charge >= 0.3 is 0 Å². The molecule has 0 fully saturated rings. The highest BCUT2D eigenvalue weighted by Crippen LogP contribution is 2.35. The van der Waals surface area contributed by atoms with E-state index >= 15 is 0 Å². The minimum atomic E-state index is -3.93. The van der Waals surface area contributed by atoms with Gasteiger partial charge in [-0.2, -0.15) is 0 Å². The van der Waals surface area contributed by atoms with Crippen molar-refractivity contribution < 1.29 is 22.7 Å². The van der Waals surface area contributed by atoms with Gasteiger partial charge in [0.2, 0.25) is 5.91 Å². The van der Waals surface area contributed by atoms with Crippen molar-refractivity contribution >= 4 is 50.1 Å². The van der Waals surface area contributed by atoms with Crippen LogP contribution in [0.1, 0.15) is 17.3 Å². The lowest BCUT2D eigenvalue weighted by Gasteiger charge is -2.11. The summed E-state index contributed by atoms with van der Waals surface area (Å²) in [5.41, 5.74) is 2.86. The lowest BCUT2D eigenvalue weighted by molar-refractivity contribution is -0.113. The molecule has 6 rings (SSSR count). The van der Waals surface area contributed by atoms with Crippen molar-refractivity contribution in [2.75, 3.05) is 18.2 Å². The topological polar surface area (TPSA) is 125 Å². The fourth-order valence-electron chi connectivity index (χ4n) is 4.85. The van der Waals surface area contributed by atoms with Crippen LogP contribution in [0.4, 0.5) is 5.69 Å². The Kier molecular flexibility index (Phi) is 8.24.